The van der Waals surface area contributed by atoms with Crippen LogP contribution < -0.4 is 5.32 Å². The molecule has 0 radical (unpaired) electrons. The van der Waals surface area contributed by atoms with E-state index in [1.54, 1.807) is 53.3 Å². The zero-order chi connectivity index (χ0) is 18.5. The van der Waals surface area contributed by atoms with Gasteiger partial charge in [-0.1, -0.05) is 41.9 Å². The second kappa shape index (κ2) is 7.97. The lowest BCUT2D eigenvalue weighted by Gasteiger charge is -2.11. The lowest BCUT2D eigenvalue weighted by atomic mass is 10.0. The van der Waals surface area contributed by atoms with Gasteiger partial charge in [-0.2, -0.15) is 5.10 Å². The molecule has 26 heavy (non-hydrogen) atoms. The highest BCUT2D eigenvalue weighted by Crippen LogP contribution is 2.24. The standard InChI is InChI=1S/C20H18ClN3O2/c1-14-12-22-24(13-14)10-9-19(25)23-18-8-7-16(21)11-17(18)20(26)15-5-3-2-4-6-15/h2-8,11-13H,9-10H2,1H3,(H,23,25). The predicted molar refractivity (Wildman–Crippen MR) is 102 cm³/mol. The Labute approximate surface area is 156 Å². The normalized spacial score (nSPS) is 10.5. The lowest BCUT2D eigenvalue weighted by molar-refractivity contribution is -0.116. The van der Waals surface area contributed by atoms with Gasteiger partial charge < -0.3 is 5.32 Å². The molecule has 0 spiro atoms. The summed E-state index contributed by atoms with van der Waals surface area (Å²) >= 11 is 6.05. The van der Waals surface area contributed by atoms with Gasteiger partial charge in [0.25, 0.3) is 0 Å². The smallest absolute Gasteiger partial charge is 0.226 e. The molecule has 0 saturated heterocycles. The molecule has 1 heterocycles. The van der Waals surface area contributed by atoms with Gasteiger partial charge >= 0.3 is 0 Å². The highest BCUT2D eigenvalue weighted by Gasteiger charge is 2.16. The van der Waals surface area contributed by atoms with Crippen LogP contribution in [0.3, 0.4) is 0 Å². The number of anilines is 1. The third-order valence-electron chi connectivity index (χ3n) is 3.87. The van der Waals surface area contributed by atoms with E-state index in [2.05, 4.69) is 10.4 Å². The van der Waals surface area contributed by atoms with Crippen molar-refractivity contribution >= 4 is 29.0 Å². The van der Waals surface area contributed by atoms with E-state index in [4.69, 9.17) is 11.6 Å². The van der Waals surface area contributed by atoms with Gasteiger partial charge in [0, 0.05) is 35.3 Å². The average molecular weight is 368 g/mol. The Balaban J connectivity index is 1.75. The first-order valence-corrected chi connectivity index (χ1v) is 8.59. The molecule has 0 aliphatic heterocycles. The van der Waals surface area contributed by atoms with E-state index >= 15 is 0 Å². The van der Waals surface area contributed by atoms with Crippen LogP contribution in [0.15, 0.2) is 60.9 Å². The summed E-state index contributed by atoms with van der Waals surface area (Å²) < 4.78 is 1.72. The van der Waals surface area contributed by atoms with Crippen LogP contribution in [0.25, 0.3) is 0 Å². The van der Waals surface area contributed by atoms with Crippen LogP contribution in [0, 0.1) is 6.92 Å². The first-order valence-electron chi connectivity index (χ1n) is 8.21. The van der Waals surface area contributed by atoms with Gasteiger partial charge in [-0.3, -0.25) is 14.3 Å². The fourth-order valence-corrected chi connectivity index (χ4v) is 2.75. The topological polar surface area (TPSA) is 64.0 Å². The van der Waals surface area contributed by atoms with Crippen LogP contribution in [0.4, 0.5) is 5.69 Å². The summed E-state index contributed by atoms with van der Waals surface area (Å²) in [5.41, 5.74) is 2.40. The minimum absolute atomic E-state index is 0.189. The van der Waals surface area contributed by atoms with Gasteiger partial charge in [-0.25, -0.2) is 0 Å². The Hall–Kier alpha value is -2.92. The largest absolute Gasteiger partial charge is 0.325 e. The number of aryl methyl sites for hydroxylation is 2. The van der Waals surface area contributed by atoms with E-state index in [1.807, 2.05) is 19.2 Å². The highest BCUT2D eigenvalue weighted by molar-refractivity contribution is 6.31. The Morgan fingerprint density at radius 3 is 2.62 bits per heavy atom. The fourth-order valence-electron chi connectivity index (χ4n) is 2.58. The van der Waals surface area contributed by atoms with Gasteiger partial charge in [0.15, 0.2) is 5.78 Å². The number of carbonyl (C=O) groups excluding carboxylic acids is 2. The summed E-state index contributed by atoms with van der Waals surface area (Å²) in [7, 11) is 0. The van der Waals surface area contributed by atoms with E-state index in [1.165, 1.54) is 0 Å². The number of amides is 1. The number of nitrogens with zero attached hydrogens (tertiary/aromatic N) is 2. The third-order valence-corrected chi connectivity index (χ3v) is 4.10. The lowest BCUT2D eigenvalue weighted by Crippen LogP contribution is -2.17. The number of aromatic nitrogens is 2. The summed E-state index contributed by atoms with van der Waals surface area (Å²) in [6.07, 6.45) is 3.87. The van der Waals surface area contributed by atoms with Crippen LogP contribution in [-0.4, -0.2) is 21.5 Å². The maximum absolute atomic E-state index is 12.8. The van der Waals surface area contributed by atoms with E-state index < -0.39 is 0 Å². The van der Waals surface area contributed by atoms with Crippen LogP contribution in [0.5, 0.6) is 0 Å². The van der Waals surface area contributed by atoms with Gasteiger partial charge in [-0.05, 0) is 30.7 Å². The Morgan fingerprint density at radius 1 is 1.15 bits per heavy atom. The second-order valence-electron chi connectivity index (χ2n) is 5.96. The first kappa shape index (κ1) is 17.9. The molecular weight excluding hydrogens is 350 g/mol. The summed E-state index contributed by atoms with van der Waals surface area (Å²) in [6, 6.07) is 13.8. The zero-order valence-electron chi connectivity index (χ0n) is 14.3. The van der Waals surface area contributed by atoms with Crippen molar-refractivity contribution < 1.29 is 9.59 Å². The SMILES string of the molecule is Cc1cnn(CCC(=O)Nc2ccc(Cl)cc2C(=O)c2ccccc2)c1. The molecule has 0 fully saturated rings. The van der Waals surface area contributed by atoms with Crippen molar-refractivity contribution in [3.63, 3.8) is 0 Å². The fraction of sp³-hybridized carbons (Fsp3) is 0.150. The molecule has 132 valence electrons. The van der Waals surface area contributed by atoms with Crippen molar-refractivity contribution in [3.05, 3.63) is 82.6 Å². The molecule has 6 heteroatoms. The number of halogens is 1. The van der Waals surface area contributed by atoms with Crippen LogP contribution >= 0.6 is 11.6 Å². The molecule has 0 unspecified atom stereocenters. The molecule has 1 amide bonds. The minimum Gasteiger partial charge on any atom is -0.325 e. The average Bonchev–Trinajstić information content (AvgIpc) is 3.07. The molecule has 1 N–H and O–H groups in total. The Bertz CT molecular complexity index is 935. The van der Waals surface area contributed by atoms with Gasteiger partial charge in [0.05, 0.1) is 11.9 Å². The molecule has 1 aromatic heterocycles. The number of nitrogens with one attached hydrogen (secondary N) is 1. The van der Waals surface area contributed by atoms with Crippen LogP contribution in [0.2, 0.25) is 5.02 Å². The molecule has 0 aliphatic carbocycles. The quantitative estimate of drug-likeness (QED) is 0.667. The zero-order valence-corrected chi connectivity index (χ0v) is 15.0. The van der Waals surface area contributed by atoms with Gasteiger partial charge in [0.1, 0.15) is 0 Å². The van der Waals surface area contributed by atoms with Crippen LogP contribution in [0.1, 0.15) is 27.9 Å². The number of carbonyl (C=O) groups is 2. The van der Waals surface area contributed by atoms with Crippen molar-refractivity contribution in [1.82, 2.24) is 9.78 Å². The van der Waals surface area contributed by atoms with Crippen molar-refractivity contribution in [2.75, 3.05) is 5.32 Å². The summed E-state index contributed by atoms with van der Waals surface area (Å²) in [5.74, 6) is -0.381. The minimum atomic E-state index is -0.192. The summed E-state index contributed by atoms with van der Waals surface area (Å²) in [6.45, 7) is 2.41. The van der Waals surface area contributed by atoms with E-state index in [0.29, 0.717) is 28.4 Å². The van der Waals surface area contributed by atoms with E-state index in [9.17, 15) is 9.59 Å². The molecule has 2 aromatic carbocycles. The summed E-state index contributed by atoms with van der Waals surface area (Å²) in [4.78, 5) is 25.1. The van der Waals surface area contributed by atoms with Gasteiger partial charge in [-0.15, -0.1) is 0 Å². The number of rotatable bonds is 6. The second-order valence-corrected chi connectivity index (χ2v) is 6.40. The predicted octanol–water partition coefficient (Wildman–Crippen LogP) is 4.10. The molecule has 5 nitrogen and oxygen atoms in total. The molecule has 0 saturated carbocycles. The number of hydrogen-bond donors (Lipinski definition) is 1. The van der Waals surface area contributed by atoms with Crippen molar-refractivity contribution in [1.29, 1.82) is 0 Å². The Morgan fingerprint density at radius 2 is 1.92 bits per heavy atom. The number of hydrogen-bond acceptors (Lipinski definition) is 3. The molecule has 3 aromatic rings. The van der Waals surface area contributed by atoms with E-state index in [0.717, 1.165) is 5.56 Å². The maximum atomic E-state index is 12.8. The van der Waals surface area contributed by atoms with Gasteiger partial charge in [0.2, 0.25) is 5.91 Å². The number of benzene rings is 2. The van der Waals surface area contributed by atoms with Crippen molar-refractivity contribution in [3.8, 4) is 0 Å². The summed E-state index contributed by atoms with van der Waals surface area (Å²) in [5, 5.41) is 7.40. The molecular formula is C20H18ClN3O2. The van der Waals surface area contributed by atoms with E-state index in [-0.39, 0.29) is 18.1 Å². The highest BCUT2D eigenvalue weighted by atomic mass is 35.5. The van der Waals surface area contributed by atoms with Crippen LogP contribution in [-0.2, 0) is 11.3 Å². The first-order chi connectivity index (χ1) is 12.5. The molecule has 3 rings (SSSR count). The monoisotopic (exact) mass is 367 g/mol. The molecule has 0 bridgehead atoms. The van der Waals surface area contributed by atoms with Crippen molar-refractivity contribution in [2.45, 2.75) is 19.9 Å². The molecule has 0 atom stereocenters. The molecule has 0 aliphatic rings. The maximum Gasteiger partial charge on any atom is 0.226 e. The third kappa shape index (κ3) is 4.37. The Kier molecular flexibility index (Phi) is 5.49. The van der Waals surface area contributed by atoms with Crippen molar-refractivity contribution in [2.24, 2.45) is 0 Å². The number of ketones is 1.